The second kappa shape index (κ2) is 9.38. The predicted molar refractivity (Wildman–Crippen MR) is 85.6 cm³/mol. The minimum absolute atomic E-state index is 0.00683. The molecule has 0 amide bonds. The Morgan fingerprint density at radius 2 is 1.95 bits per heavy atom. The molecule has 1 atom stereocenters. The monoisotopic (exact) mass is 333 g/mol. The number of nitrogens with zero attached hydrogens (tertiary/aromatic N) is 1. The number of rotatable bonds is 9. The van der Waals surface area contributed by atoms with Gasteiger partial charge in [-0.3, -0.25) is 9.69 Å². The van der Waals surface area contributed by atoms with E-state index in [4.69, 9.17) is 32.7 Å². The number of Topliss-reactive ketones (excluding diaryl/α,β-unsaturated/α-hetero) is 1. The Labute approximate surface area is 135 Å². The maximum atomic E-state index is 12.4. The third kappa shape index (κ3) is 5.93. The van der Waals surface area contributed by atoms with E-state index >= 15 is 0 Å². The highest BCUT2D eigenvalue weighted by Gasteiger charge is 2.18. The van der Waals surface area contributed by atoms with Crippen molar-refractivity contribution in [2.45, 2.75) is 13.0 Å². The normalized spacial score (nSPS) is 12.7. The summed E-state index contributed by atoms with van der Waals surface area (Å²) in [4.78, 5) is 14.4. The fourth-order valence-corrected chi connectivity index (χ4v) is 2.25. The Morgan fingerprint density at radius 1 is 1.24 bits per heavy atom. The van der Waals surface area contributed by atoms with Crippen LogP contribution in [-0.2, 0) is 9.47 Å². The van der Waals surface area contributed by atoms with E-state index in [1.54, 1.807) is 32.4 Å². The summed E-state index contributed by atoms with van der Waals surface area (Å²) < 4.78 is 10.2. The Morgan fingerprint density at radius 3 is 2.52 bits per heavy atom. The summed E-state index contributed by atoms with van der Waals surface area (Å²) in [7, 11) is 3.28. The van der Waals surface area contributed by atoms with Crippen LogP contribution in [0, 0.1) is 0 Å². The van der Waals surface area contributed by atoms with E-state index in [1.807, 2.05) is 11.8 Å². The summed E-state index contributed by atoms with van der Waals surface area (Å²) in [6.07, 6.45) is 0. The smallest absolute Gasteiger partial charge is 0.176 e. The van der Waals surface area contributed by atoms with Crippen molar-refractivity contribution in [3.63, 3.8) is 0 Å². The van der Waals surface area contributed by atoms with E-state index in [-0.39, 0.29) is 18.4 Å². The van der Waals surface area contributed by atoms with Gasteiger partial charge in [-0.2, -0.15) is 0 Å². The van der Waals surface area contributed by atoms with Gasteiger partial charge in [-0.25, -0.2) is 0 Å². The van der Waals surface area contributed by atoms with Crippen LogP contribution in [0.15, 0.2) is 18.2 Å². The lowest BCUT2D eigenvalue weighted by molar-refractivity contribution is 0.0651. The Hall–Kier alpha value is -0.650. The van der Waals surface area contributed by atoms with E-state index in [2.05, 4.69) is 0 Å². The van der Waals surface area contributed by atoms with Crippen molar-refractivity contribution in [1.82, 2.24) is 4.90 Å². The molecule has 0 aliphatic rings. The van der Waals surface area contributed by atoms with Gasteiger partial charge in [0, 0.05) is 32.4 Å². The molecule has 0 aliphatic carbocycles. The van der Waals surface area contributed by atoms with E-state index in [9.17, 15) is 4.79 Å². The van der Waals surface area contributed by atoms with E-state index in [1.165, 1.54) is 0 Å². The molecule has 0 bridgehead atoms. The minimum atomic E-state index is -0.00683. The first kappa shape index (κ1) is 18.4. The summed E-state index contributed by atoms with van der Waals surface area (Å²) in [5.74, 6) is -0.00683. The van der Waals surface area contributed by atoms with Crippen LogP contribution < -0.4 is 0 Å². The fourth-order valence-electron chi connectivity index (χ4n) is 1.96. The molecule has 0 radical (unpaired) electrons. The molecule has 1 unspecified atom stereocenters. The number of carbonyl (C=O) groups is 1. The molecule has 0 saturated heterocycles. The molecule has 1 aromatic rings. The quantitative estimate of drug-likeness (QED) is 0.650. The number of benzene rings is 1. The lowest BCUT2D eigenvalue weighted by Gasteiger charge is -2.27. The first-order valence-corrected chi connectivity index (χ1v) is 7.45. The van der Waals surface area contributed by atoms with Crippen molar-refractivity contribution >= 4 is 29.0 Å². The maximum absolute atomic E-state index is 12.4. The SMILES string of the molecule is COCCN(CC(=O)c1ccc(Cl)c(Cl)c1)C(C)COC. The highest BCUT2D eigenvalue weighted by atomic mass is 35.5. The van der Waals surface area contributed by atoms with E-state index < -0.39 is 0 Å². The minimum Gasteiger partial charge on any atom is -0.383 e. The highest BCUT2D eigenvalue weighted by molar-refractivity contribution is 6.42. The number of ether oxygens (including phenoxy) is 2. The van der Waals surface area contributed by atoms with Gasteiger partial charge in [-0.1, -0.05) is 23.2 Å². The van der Waals surface area contributed by atoms with Crippen LogP contribution in [0.2, 0.25) is 10.0 Å². The van der Waals surface area contributed by atoms with E-state index in [0.717, 1.165) is 0 Å². The molecule has 0 aromatic heterocycles. The molecule has 0 fully saturated rings. The van der Waals surface area contributed by atoms with Crippen LogP contribution in [0.4, 0.5) is 0 Å². The van der Waals surface area contributed by atoms with Crippen LogP contribution in [0.25, 0.3) is 0 Å². The molecule has 0 N–H and O–H groups in total. The van der Waals surface area contributed by atoms with Crippen molar-refractivity contribution in [2.75, 3.05) is 40.5 Å². The van der Waals surface area contributed by atoms with Crippen LogP contribution >= 0.6 is 23.2 Å². The van der Waals surface area contributed by atoms with Crippen LogP contribution in [0.5, 0.6) is 0 Å². The lowest BCUT2D eigenvalue weighted by Crippen LogP contribution is -2.41. The lowest BCUT2D eigenvalue weighted by atomic mass is 10.1. The summed E-state index contributed by atoms with van der Waals surface area (Å²) in [5, 5.41) is 0.827. The number of carbonyl (C=O) groups excluding carboxylic acids is 1. The molecular formula is C15H21Cl2NO3. The molecule has 4 nitrogen and oxygen atoms in total. The second-order valence-electron chi connectivity index (χ2n) is 4.82. The van der Waals surface area contributed by atoms with Gasteiger partial charge >= 0.3 is 0 Å². The van der Waals surface area contributed by atoms with Crippen molar-refractivity contribution in [1.29, 1.82) is 0 Å². The molecule has 21 heavy (non-hydrogen) atoms. The van der Waals surface area contributed by atoms with Crippen molar-refractivity contribution in [3.05, 3.63) is 33.8 Å². The molecule has 0 spiro atoms. The first-order chi connectivity index (χ1) is 9.99. The van der Waals surface area contributed by atoms with Gasteiger partial charge in [0.15, 0.2) is 5.78 Å². The van der Waals surface area contributed by atoms with Gasteiger partial charge in [0.2, 0.25) is 0 Å². The zero-order valence-corrected chi connectivity index (χ0v) is 14.1. The van der Waals surface area contributed by atoms with Crippen molar-refractivity contribution < 1.29 is 14.3 Å². The molecule has 1 aromatic carbocycles. The predicted octanol–water partition coefficient (Wildman–Crippen LogP) is 3.16. The number of hydrogen-bond acceptors (Lipinski definition) is 4. The summed E-state index contributed by atoms with van der Waals surface area (Å²) in [6.45, 7) is 4.07. The summed E-state index contributed by atoms with van der Waals surface area (Å²) in [6, 6.07) is 5.04. The van der Waals surface area contributed by atoms with Crippen LogP contribution in [-0.4, -0.2) is 57.2 Å². The van der Waals surface area contributed by atoms with E-state index in [0.29, 0.717) is 35.4 Å². The molecule has 118 valence electrons. The number of halogens is 2. The van der Waals surface area contributed by atoms with Gasteiger partial charge in [-0.05, 0) is 25.1 Å². The third-order valence-electron chi connectivity index (χ3n) is 3.20. The zero-order valence-electron chi connectivity index (χ0n) is 12.6. The number of ketones is 1. The molecular weight excluding hydrogens is 313 g/mol. The van der Waals surface area contributed by atoms with Gasteiger partial charge in [0.25, 0.3) is 0 Å². The number of methoxy groups -OCH3 is 2. The standard InChI is InChI=1S/C15H21Cl2NO3/c1-11(10-21-3)18(6-7-20-2)9-15(19)12-4-5-13(16)14(17)8-12/h4-5,8,11H,6-7,9-10H2,1-3H3. The highest BCUT2D eigenvalue weighted by Crippen LogP contribution is 2.23. The molecule has 6 heteroatoms. The summed E-state index contributed by atoms with van der Waals surface area (Å²) in [5.41, 5.74) is 0.552. The third-order valence-corrected chi connectivity index (χ3v) is 3.94. The first-order valence-electron chi connectivity index (χ1n) is 6.69. The summed E-state index contributed by atoms with van der Waals surface area (Å²) >= 11 is 11.8. The second-order valence-corrected chi connectivity index (χ2v) is 5.63. The average Bonchev–Trinajstić information content (AvgIpc) is 2.46. The largest absolute Gasteiger partial charge is 0.383 e. The zero-order chi connectivity index (χ0) is 15.8. The van der Waals surface area contributed by atoms with Gasteiger partial charge in [0.05, 0.1) is 29.8 Å². The van der Waals surface area contributed by atoms with Gasteiger partial charge in [0.1, 0.15) is 0 Å². The van der Waals surface area contributed by atoms with Crippen LogP contribution in [0.3, 0.4) is 0 Å². The van der Waals surface area contributed by atoms with Crippen LogP contribution in [0.1, 0.15) is 17.3 Å². The number of hydrogen-bond donors (Lipinski definition) is 0. The van der Waals surface area contributed by atoms with Gasteiger partial charge < -0.3 is 9.47 Å². The fraction of sp³-hybridized carbons (Fsp3) is 0.533. The Bertz CT molecular complexity index is 468. The van der Waals surface area contributed by atoms with Crippen molar-refractivity contribution in [2.24, 2.45) is 0 Å². The maximum Gasteiger partial charge on any atom is 0.176 e. The Balaban J connectivity index is 2.76. The topological polar surface area (TPSA) is 38.8 Å². The molecule has 1 rings (SSSR count). The molecule has 0 heterocycles. The Kier molecular flexibility index (Phi) is 8.22. The van der Waals surface area contributed by atoms with Crippen molar-refractivity contribution in [3.8, 4) is 0 Å². The van der Waals surface area contributed by atoms with Gasteiger partial charge in [-0.15, -0.1) is 0 Å². The average molecular weight is 334 g/mol. The molecule has 0 saturated carbocycles. The molecule has 0 aliphatic heterocycles.